The number of carbonyl (C=O) groups excluding carboxylic acids is 1. The molecule has 1 aromatic heterocycles. The van der Waals surface area contributed by atoms with E-state index in [0.717, 1.165) is 24.3 Å². The van der Waals surface area contributed by atoms with Gasteiger partial charge in [0.1, 0.15) is 10.6 Å². The Morgan fingerprint density at radius 2 is 2.57 bits per heavy atom. The van der Waals surface area contributed by atoms with Crippen molar-refractivity contribution in [3.63, 3.8) is 0 Å². The van der Waals surface area contributed by atoms with Crippen molar-refractivity contribution in [2.75, 3.05) is 13.7 Å². The quantitative estimate of drug-likeness (QED) is 0.773. The zero-order valence-corrected chi connectivity index (χ0v) is 8.89. The lowest BCUT2D eigenvalue weighted by Crippen LogP contribution is -2.30. The van der Waals surface area contributed by atoms with Gasteiger partial charge in [-0.3, -0.25) is 4.79 Å². The van der Waals surface area contributed by atoms with Gasteiger partial charge in [0, 0.05) is 0 Å². The van der Waals surface area contributed by atoms with Crippen molar-refractivity contribution in [2.45, 2.75) is 18.9 Å². The third kappa shape index (κ3) is 1.67. The number of methoxy groups -OCH3 is 1. The van der Waals surface area contributed by atoms with Crippen LogP contribution in [0.3, 0.4) is 0 Å². The molecule has 1 aliphatic rings. The summed E-state index contributed by atoms with van der Waals surface area (Å²) in [7, 11) is 1.60. The van der Waals surface area contributed by atoms with Gasteiger partial charge in [0.15, 0.2) is 5.78 Å². The van der Waals surface area contributed by atoms with Crippen molar-refractivity contribution in [1.82, 2.24) is 5.32 Å². The van der Waals surface area contributed by atoms with Crippen LogP contribution in [0.2, 0.25) is 0 Å². The van der Waals surface area contributed by atoms with Crippen LogP contribution in [0.1, 0.15) is 22.5 Å². The Morgan fingerprint density at radius 3 is 3.21 bits per heavy atom. The van der Waals surface area contributed by atoms with Crippen LogP contribution < -0.4 is 10.1 Å². The monoisotopic (exact) mass is 211 g/mol. The lowest BCUT2D eigenvalue weighted by molar-refractivity contribution is 0.0953. The summed E-state index contributed by atoms with van der Waals surface area (Å²) in [6.07, 6.45) is 2.03. The molecule has 14 heavy (non-hydrogen) atoms. The average molecular weight is 211 g/mol. The number of ketones is 1. The molecule has 3 nitrogen and oxygen atoms in total. The van der Waals surface area contributed by atoms with Gasteiger partial charge >= 0.3 is 0 Å². The zero-order chi connectivity index (χ0) is 9.97. The van der Waals surface area contributed by atoms with Crippen molar-refractivity contribution in [2.24, 2.45) is 0 Å². The number of nitrogens with one attached hydrogen (secondary N) is 1. The molecule has 0 amide bonds. The minimum Gasteiger partial charge on any atom is -0.495 e. The normalized spacial score (nSPS) is 21.1. The summed E-state index contributed by atoms with van der Waals surface area (Å²) in [5.74, 6) is 0.878. The van der Waals surface area contributed by atoms with E-state index in [9.17, 15) is 4.79 Å². The number of carbonyl (C=O) groups is 1. The minimum atomic E-state index is 0.00236. The minimum absolute atomic E-state index is 0.00236. The third-order valence-corrected chi connectivity index (χ3v) is 3.36. The van der Waals surface area contributed by atoms with Gasteiger partial charge in [0.2, 0.25) is 0 Å². The van der Waals surface area contributed by atoms with Crippen molar-refractivity contribution in [3.05, 3.63) is 16.3 Å². The van der Waals surface area contributed by atoms with Gasteiger partial charge in [-0.15, -0.1) is 11.3 Å². The van der Waals surface area contributed by atoms with Gasteiger partial charge in [0.05, 0.1) is 13.2 Å². The molecule has 4 heteroatoms. The highest BCUT2D eigenvalue weighted by molar-refractivity contribution is 7.12. The number of Topliss-reactive ketones (excluding diaryl/α,β-unsaturated/α-hetero) is 1. The Labute approximate surface area is 87.1 Å². The molecule has 1 fully saturated rings. The van der Waals surface area contributed by atoms with Crippen molar-refractivity contribution < 1.29 is 9.53 Å². The number of thiophene rings is 1. The summed E-state index contributed by atoms with van der Waals surface area (Å²) >= 11 is 1.45. The maximum Gasteiger partial charge on any atom is 0.193 e. The molecule has 1 aromatic rings. The maximum atomic E-state index is 12.0. The topological polar surface area (TPSA) is 38.3 Å². The molecular formula is C10H13NO2S. The Balaban J connectivity index is 2.17. The first-order chi connectivity index (χ1) is 6.83. The Bertz CT molecular complexity index is 329. The van der Waals surface area contributed by atoms with E-state index in [-0.39, 0.29) is 11.8 Å². The van der Waals surface area contributed by atoms with E-state index in [4.69, 9.17) is 4.74 Å². The van der Waals surface area contributed by atoms with Crippen LogP contribution in [0.15, 0.2) is 11.4 Å². The van der Waals surface area contributed by atoms with Crippen LogP contribution in [0, 0.1) is 0 Å². The Hall–Kier alpha value is -0.870. The first kappa shape index (κ1) is 9.68. The van der Waals surface area contributed by atoms with Crippen LogP contribution in [0.25, 0.3) is 0 Å². The summed E-state index contributed by atoms with van der Waals surface area (Å²) in [5.41, 5.74) is 0. The van der Waals surface area contributed by atoms with Crippen LogP contribution in [-0.2, 0) is 0 Å². The average Bonchev–Trinajstić information content (AvgIpc) is 2.87. The molecule has 76 valence electrons. The highest BCUT2D eigenvalue weighted by atomic mass is 32.1. The summed E-state index contributed by atoms with van der Waals surface area (Å²) in [6.45, 7) is 0.949. The molecule has 0 bridgehead atoms. The van der Waals surface area contributed by atoms with E-state index in [1.807, 2.05) is 11.4 Å². The lowest BCUT2D eigenvalue weighted by atomic mass is 10.1. The molecule has 1 aliphatic heterocycles. The van der Waals surface area contributed by atoms with Crippen LogP contribution in [-0.4, -0.2) is 25.5 Å². The fraction of sp³-hybridized carbons (Fsp3) is 0.500. The van der Waals surface area contributed by atoms with E-state index >= 15 is 0 Å². The number of hydrogen-bond donors (Lipinski definition) is 1. The van der Waals surface area contributed by atoms with E-state index in [1.54, 1.807) is 7.11 Å². The molecule has 2 heterocycles. The van der Waals surface area contributed by atoms with Gasteiger partial charge in [-0.1, -0.05) is 0 Å². The van der Waals surface area contributed by atoms with E-state index < -0.39 is 0 Å². The molecule has 1 atom stereocenters. The first-order valence-corrected chi connectivity index (χ1v) is 5.60. The van der Waals surface area contributed by atoms with Gasteiger partial charge < -0.3 is 10.1 Å². The predicted octanol–water partition coefficient (Wildman–Crippen LogP) is 1.69. The Kier molecular flexibility index (Phi) is 2.84. The summed E-state index contributed by atoms with van der Waals surface area (Å²) in [5, 5.41) is 5.09. The first-order valence-electron chi connectivity index (χ1n) is 4.72. The van der Waals surface area contributed by atoms with Crippen molar-refractivity contribution in [1.29, 1.82) is 0 Å². The summed E-state index contributed by atoms with van der Waals surface area (Å²) in [4.78, 5) is 12.7. The van der Waals surface area contributed by atoms with Crippen LogP contribution in [0.5, 0.6) is 5.75 Å². The van der Waals surface area contributed by atoms with Gasteiger partial charge in [-0.25, -0.2) is 0 Å². The van der Waals surface area contributed by atoms with E-state index in [0.29, 0.717) is 5.75 Å². The number of ether oxygens (including phenoxy) is 1. The van der Waals surface area contributed by atoms with Crippen molar-refractivity contribution in [3.8, 4) is 5.75 Å². The second-order valence-corrected chi connectivity index (χ2v) is 4.25. The van der Waals surface area contributed by atoms with Crippen LogP contribution in [0.4, 0.5) is 0 Å². The molecule has 0 saturated carbocycles. The highest BCUT2D eigenvalue weighted by Crippen LogP contribution is 2.27. The highest BCUT2D eigenvalue weighted by Gasteiger charge is 2.26. The summed E-state index contributed by atoms with van der Waals surface area (Å²) < 4.78 is 5.13. The van der Waals surface area contributed by atoms with E-state index in [2.05, 4.69) is 5.32 Å². The molecule has 2 rings (SSSR count). The molecular weight excluding hydrogens is 198 g/mol. The summed E-state index contributed by atoms with van der Waals surface area (Å²) in [6, 6.07) is 1.84. The standard InChI is InChI=1S/C10H13NO2S/c1-13-8-4-6-14-10(8)9(12)7-3-2-5-11-7/h4,6-7,11H,2-3,5H2,1H3. The second kappa shape index (κ2) is 4.11. The maximum absolute atomic E-state index is 12.0. The lowest BCUT2D eigenvalue weighted by Gasteiger charge is -2.08. The molecule has 1 saturated heterocycles. The van der Waals surface area contributed by atoms with Gasteiger partial charge in [0.25, 0.3) is 0 Å². The molecule has 0 spiro atoms. The van der Waals surface area contributed by atoms with E-state index in [1.165, 1.54) is 11.3 Å². The van der Waals surface area contributed by atoms with Crippen molar-refractivity contribution >= 4 is 17.1 Å². The zero-order valence-electron chi connectivity index (χ0n) is 8.08. The molecule has 0 aromatic carbocycles. The molecule has 0 radical (unpaired) electrons. The molecule has 0 aliphatic carbocycles. The number of rotatable bonds is 3. The third-order valence-electron chi connectivity index (χ3n) is 2.45. The smallest absolute Gasteiger partial charge is 0.193 e. The fourth-order valence-electron chi connectivity index (χ4n) is 1.70. The number of hydrogen-bond acceptors (Lipinski definition) is 4. The molecule has 1 unspecified atom stereocenters. The largest absolute Gasteiger partial charge is 0.495 e. The van der Waals surface area contributed by atoms with Gasteiger partial charge in [-0.2, -0.15) is 0 Å². The molecule has 1 N–H and O–H groups in total. The van der Waals surface area contributed by atoms with Gasteiger partial charge in [-0.05, 0) is 30.8 Å². The predicted molar refractivity (Wildman–Crippen MR) is 56.2 cm³/mol. The fourth-order valence-corrected chi connectivity index (χ4v) is 2.56. The van der Waals surface area contributed by atoms with Crippen LogP contribution >= 0.6 is 11.3 Å². The SMILES string of the molecule is COc1ccsc1C(=O)C1CCCN1. The second-order valence-electron chi connectivity index (χ2n) is 3.33. The Morgan fingerprint density at radius 1 is 1.71 bits per heavy atom.